The molecule has 0 fully saturated rings. The lowest BCUT2D eigenvalue weighted by Gasteiger charge is -2.32. The van der Waals surface area contributed by atoms with Gasteiger partial charge in [0.2, 0.25) is 0 Å². The maximum Gasteiger partial charge on any atom is 0.344 e. The number of hydrogen-bond acceptors (Lipinski definition) is 4. The van der Waals surface area contributed by atoms with Crippen LogP contribution in [-0.2, 0) is 0 Å². The number of hydrogen-bond donors (Lipinski definition) is 2. The molecule has 2 unspecified atom stereocenters. The fourth-order valence-electron chi connectivity index (χ4n) is 2.02. The topological polar surface area (TPSA) is 76.7 Å². The van der Waals surface area contributed by atoms with Crippen LogP contribution in [0.2, 0.25) is 0 Å². The summed E-state index contributed by atoms with van der Waals surface area (Å²) in [5.41, 5.74) is 5.95. The van der Waals surface area contributed by atoms with E-state index in [-0.39, 0.29) is 28.4 Å². The normalized spacial score (nSPS) is 16.0. The summed E-state index contributed by atoms with van der Waals surface area (Å²) in [6.07, 6.45) is 0. The highest BCUT2D eigenvalue weighted by atomic mass is 32.2. The lowest BCUT2D eigenvalue weighted by atomic mass is 9.88. The number of rotatable bonds is 4. The van der Waals surface area contributed by atoms with Crippen LogP contribution in [0.4, 0.5) is 0 Å². The molecule has 0 radical (unpaired) electrons. The van der Waals surface area contributed by atoms with Gasteiger partial charge in [-0.25, -0.2) is 9.89 Å². The third-order valence-electron chi connectivity index (χ3n) is 2.75. The van der Waals surface area contributed by atoms with Gasteiger partial charge in [-0.2, -0.15) is 0 Å². The fraction of sp³-hybridized carbons (Fsp3) is 0.833. The van der Waals surface area contributed by atoms with Gasteiger partial charge in [0.15, 0.2) is 5.16 Å². The molecule has 0 aliphatic heterocycles. The van der Waals surface area contributed by atoms with E-state index in [4.69, 9.17) is 5.73 Å². The van der Waals surface area contributed by atoms with Crippen LogP contribution >= 0.6 is 11.8 Å². The van der Waals surface area contributed by atoms with Crippen molar-refractivity contribution in [2.75, 3.05) is 0 Å². The van der Waals surface area contributed by atoms with Gasteiger partial charge >= 0.3 is 5.69 Å². The molecule has 0 aromatic carbocycles. The number of nitrogens with one attached hydrogen (secondary N) is 1. The van der Waals surface area contributed by atoms with Crippen molar-refractivity contribution in [2.24, 2.45) is 11.1 Å². The number of thioether (sulfide) groups is 1. The number of H-pyrrole nitrogens is 1. The van der Waals surface area contributed by atoms with E-state index < -0.39 is 0 Å². The van der Waals surface area contributed by atoms with Crippen LogP contribution in [0.25, 0.3) is 0 Å². The highest BCUT2D eigenvalue weighted by Gasteiger charge is 2.31. The molecule has 0 amide bonds. The highest BCUT2D eigenvalue weighted by Crippen LogP contribution is 2.36. The first-order chi connectivity index (χ1) is 8.14. The minimum absolute atomic E-state index is 0.0300. The molecule has 5 nitrogen and oxygen atoms in total. The van der Waals surface area contributed by atoms with Crippen molar-refractivity contribution in [1.29, 1.82) is 0 Å². The van der Waals surface area contributed by atoms with E-state index in [1.807, 2.05) is 20.8 Å². The summed E-state index contributed by atoms with van der Waals surface area (Å²) in [4.78, 5) is 11.7. The van der Waals surface area contributed by atoms with Gasteiger partial charge < -0.3 is 5.73 Å². The molecule has 2 atom stereocenters. The Labute approximate surface area is 113 Å². The largest absolute Gasteiger partial charge is 0.344 e. The van der Waals surface area contributed by atoms with E-state index in [1.54, 1.807) is 16.3 Å². The van der Waals surface area contributed by atoms with Gasteiger partial charge in [0.25, 0.3) is 0 Å². The molecule has 3 N–H and O–H groups in total. The summed E-state index contributed by atoms with van der Waals surface area (Å²) < 4.78 is 1.67. The summed E-state index contributed by atoms with van der Waals surface area (Å²) >= 11 is 1.58. The lowest BCUT2D eigenvalue weighted by Crippen LogP contribution is -2.39. The molecule has 0 saturated carbocycles. The molecule has 1 aromatic heterocycles. The van der Waals surface area contributed by atoms with Crippen LogP contribution < -0.4 is 11.4 Å². The Hall–Kier alpha value is -0.750. The van der Waals surface area contributed by atoms with E-state index in [0.717, 1.165) is 0 Å². The zero-order chi connectivity index (χ0) is 14.1. The Balaban J connectivity index is 3.06. The van der Waals surface area contributed by atoms with Crippen molar-refractivity contribution < 1.29 is 0 Å². The predicted octanol–water partition coefficient (Wildman–Crippen LogP) is 2.01. The van der Waals surface area contributed by atoms with Crippen molar-refractivity contribution in [3.63, 3.8) is 0 Å². The molecule has 104 valence electrons. The number of nitrogens with zero attached hydrogens (tertiary/aromatic N) is 2. The van der Waals surface area contributed by atoms with Crippen molar-refractivity contribution in [1.82, 2.24) is 14.8 Å². The van der Waals surface area contributed by atoms with Crippen LogP contribution in [0, 0.1) is 5.41 Å². The molecule has 1 aromatic rings. The van der Waals surface area contributed by atoms with Crippen LogP contribution in [0.3, 0.4) is 0 Å². The third kappa shape index (κ3) is 3.38. The van der Waals surface area contributed by atoms with Gasteiger partial charge in [-0.3, -0.25) is 4.57 Å². The minimum Gasteiger partial charge on any atom is -0.327 e. The Kier molecular flexibility index (Phi) is 4.66. The Morgan fingerprint density at radius 3 is 2.28 bits per heavy atom. The maximum absolute atomic E-state index is 11.7. The number of nitrogens with two attached hydrogens (primary N) is 1. The average molecular weight is 272 g/mol. The lowest BCUT2D eigenvalue weighted by molar-refractivity contribution is 0.362. The molecule has 0 saturated heterocycles. The molecule has 18 heavy (non-hydrogen) atoms. The predicted molar refractivity (Wildman–Crippen MR) is 76.0 cm³/mol. The van der Waals surface area contributed by atoms with Gasteiger partial charge in [0.05, 0.1) is 0 Å². The first kappa shape index (κ1) is 15.3. The highest BCUT2D eigenvalue weighted by molar-refractivity contribution is 7.99. The Bertz CT molecular complexity index is 442. The summed E-state index contributed by atoms with van der Waals surface area (Å²) in [6.45, 7) is 12.4. The molecule has 1 rings (SSSR count). The monoisotopic (exact) mass is 272 g/mol. The first-order valence-electron chi connectivity index (χ1n) is 6.23. The number of aromatic amines is 1. The molecule has 1 heterocycles. The summed E-state index contributed by atoms with van der Waals surface area (Å²) in [6, 6.07) is 0.120. The fourth-order valence-corrected chi connectivity index (χ4v) is 3.32. The third-order valence-corrected chi connectivity index (χ3v) is 4.64. The number of aromatic nitrogens is 3. The second kappa shape index (κ2) is 5.48. The van der Waals surface area contributed by atoms with Gasteiger partial charge in [-0.05, 0) is 26.2 Å². The standard InChI is InChI=1S/C12H24N4OS/c1-7(2)16-10(17)14-15-11(16)18-9(8(3)13)12(4,5)6/h7-9H,13H2,1-6H3,(H,14,17). The molecule has 0 aliphatic rings. The first-order valence-corrected chi connectivity index (χ1v) is 7.11. The Morgan fingerprint density at radius 2 is 1.89 bits per heavy atom. The zero-order valence-corrected chi connectivity index (χ0v) is 12.8. The summed E-state index contributed by atoms with van der Waals surface area (Å²) in [7, 11) is 0. The van der Waals surface area contributed by atoms with E-state index in [1.165, 1.54) is 0 Å². The molecular weight excluding hydrogens is 248 g/mol. The molecule has 0 spiro atoms. The maximum atomic E-state index is 11.7. The van der Waals surface area contributed by atoms with E-state index >= 15 is 0 Å². The van der Waals surface area contributed by atoms with Gasteiger partial charge in [0, 0.05) is 17.3 Å². The van der Waals surface area contributed by atoms with Crippen LogP contribution in [0.5, 0.6) is 0 Å². The van der Waals surface area contributed by atoms with Crippen molar-refractivity contribution >= 4 is 11.8 Å². The minimum atomic E-state index is -0.162. The van der Waals surface area contributed by atoms with E-state index in [2.05, 4.69) is 31.0 Å². The van der Waals surface area contributed by atoms with E-state index in [0.29, 0.717) is 5.16 Å². The zero-order valence-electron chi connectivity index (χ0n) is 12.0. The van der Waals surface area contributed by atoms with Crippen molar-refractivity contribution in [3.8, 4) is 0 Å². The molecule has 0 aliphatic carbocycles. The van der Waals surface area contributed by atoms with Gasteiger partial charge in [0.1, 0.15) is 0 Å². The molecular formula is C12H24N4OS. The molecule has 0 bridgehead atoms. The van der Waals surface area contributed by atoms with Crippen molar-refractivity contribution in [2.45, 2.75) is 64.0 Å². The average Bonchev–Trinajstić information content (AvgIpc) is 2.53. The molecule has 6 heteroatoms. The Morgan fingerprint density at radius 1 is 1.33 bits per heavy atom. The quantitative estimate of drug-likeness (QED) is 0.822. The van der Waals surface area contributed by atoms with E-state index in [9.17, 15) is 4.79 Å². The second-order valence-electron chi connectivity index (χ2n) is 6.04. The summed E-state index contributed by atoms with van der Waals surface area (Å²) in [5.74, 6) is 0. The second-order valence-corrected chi connectivity index (χ2v) is 7.15. The van der Waals surface area contributed by atoms with Gasteiger partial charge in [-0.1, -0.05) is 32.5 Å². The van der Waals surface area contributed by atoms with Crippen LogP contribution in [-0.4, -0.2) is 26.1 Å². The van der Waals surface area contributed by atoms with Crippen LogP contribution in [0.1, 0.15) is 47.6 Å². The smallest absolute Gasteiger partial charge is 0.327 e. The SMILES string of the molecule is CC(N)C(Sc1n[nH]c(=O)n1C(C)C)C(C)(C)C. The summed E-state index contributed by atoms with van der Waals surface area (Å²) in [5, 5.41) is 7.53. The van der Waals surface area contributed by atoms with Crippen molar-refractivity contribution in [3.05, 3.63) is 10.5 Å². The van der Waals surface area contributed by atoms with Crippen LogP contribution in [0.15, 0.2) is 9.95 Å². The van der Waals surface area contributed by atoms with Gasteiger partial charge in [-0.15, -0.1) is 5.10 Å².